The molecule has 1 saturated carbocycles. The van der Waals surface area contributed by atoms with E-state index in [1.54, 1.807) is 12.1 Å². The minimum Gasteiger partial charge on any atom is -0.491 e. The second kappa shape index (κ2) is 8.46. The van der Waals surface area contributed by atoms with Crippen LogP contribution in [0, 0.1) is 21.4 Å². The van der Waals surface area contributed by atoms with E-state index in [9.17, 15) is 15.2 Å². The van der Waals surface area contributed by atoms with Gasteiger partial charge in [0.2, 0.25) is 0 Å². The highest BCUT2D eigenvalue weighted by molar-refractivity contribution is 5.37. The van der Waals surface area contributed by atoms with Crippen molar-refractivity contribution < 1.29 is 14.8 Å². The Labute approximate surface area is 135 Å². The third kappa shape index (κ3) is 5.20. The quantitative estimate of drug-likeness (QED) is 0.447. The number of hydrogen-bond acceptors (Lipinski definition) is 6. The van der Waals surface area contributed by atoms with Gasteiger partial charge in [0.15, 0.2) is 0 Å². The van der Waals surface area contributed by atoms with Gasteiger partial charge in [-0.05, 0) is 18.9 Å². The van der Waals surface area contributed by atoms with E-state index in [0.29, 0.717) is 24.9 Å². The predicted molar refractivity (Wildman–Crippen MR) is 84.0 cm³/mol. The summed E-state index contributed by atoms with van der Waals surface area (Å²) >= 11 is 0. The van der Waals surface area contributed by atoms with Crippen molar-refractivity contribution in [3.8, 4) is 11.8 Å². The summed E-state index contributed by atoms with van der Waals surface area (Å²) in [6.45, 7) is 0.696. The second-order valence-corrected chi connectivity index (χ2v) is 5.75. The Bertz CT molecular complexity index is 567. The molecule has 0 spiro atoms. The number of ether oxygens (including phenoxy) is 1. The van der Waals surface area contributed by atoms with Crippen molar-refractivity contribution in [2.24, 2.45) is 0 Å². The molecule has 0 aromatic heterocycles. The van der Waals surface area contributed by atoms with Crippen LogP contribution in [0.3, 0.4) is 0 Å². The lowest BCUT2D eigenvalue weighted by Crippen LogP contribution is -2.41. The van der Waals surface area contributed by atoms with Crippen molar-refractivity contribution >= 4 is 5.69 Å². The lowest BCUT2D eigenvalue weighted by atomic mass is 10.2. The summed E-state index contributed by atoms with van der Waals surface area (Å²) in [5.74, 6) is 0.353. The molecule has 7 heteroatoms. The van der Waals surface area contributed by atoms with Crippen molar-refractivity contribution in [2.45, 2.75) is 37.8 Å². The molecule has 0 amide bonds. The molecular weight excluding hydrogens is 298 g/mol. The van der Waals surface area contributed by atoms with E-state index < -0.39 is 11.0 Å². The fourth-order valence-corrected chi connectivity index (χ4v) is 2.91. The van der Waals surface area contributed by atoms with E-state index in [1.807, 2.05) is 4.90 Å². The minimum atomic E-state index is -0.747. The van der Waals surface area contributed by atoms with E-state index in [1.165, 1.54) is 12.1 Å². The molecule has 1 unspecified atom stereocenters. The molecule has 7 nitrogen and oxygen atoms in total. The zero-order valence-corrected chi connectivity index (χ0v) is 12.9. The van der Waals surface area contributed by atoms with Gasteiger partial charge in [0.05, 0.1) is 23.6 Å². The van der Waals surface area contributed by atoms with E-state index in [4.69, 9.17) is 10.00 Å². The molecule has 1 atom stereocenters. The Hall–Kier alpha value is -2.17. The monoisotopic (exact) mass is 319 g/mol. The van der Waals surface area contributed by atoms with E-state index >= 15 is 0 Å². The van der Waals surface area contributed by atoms with Crippen LogP contribution in [0.4, 0.5) is 5.69 Å². The average Bonchev–Trinajstić information content (AvgIpc) is 3.07. The summed E-state index contributed by atoms with van der Waals surface area (Å²) in [5.41, 5.74) is -0.0472. The van der Waals surface area contributed by atoms with Gasteiger partial charge in [-0.3, -0.25) is 15.0 Å². The number of nitro benzene ring substituents is 1. The summed E-state index contributed by atoms with van der Waals surface area (Å²) in [4.78, 5) is 12.2. The van der Waals surface area contributed by atoms with Crippen LogP contribution >= 0.6 is 0 Å². The number of benzene rings is 1. The SMILES string of the molecule is N#CCN(CC(O)COc1cccc([N+](=O)[O-])c1)C1CCCC1. The van der Waals surface area contributed by atoms with Crippen LogP contribution in [0.5, 0.6) is 5.75 Å². The van der Waals surface area contributed by atoms with Crippen LogP contribution < -0.4 is 4.74 Å². The topological polar surface area (TPSA) is 99.6 Å². The number of nitriles is 1. The highest BCUT2D eigenvalue weighted by Gasteiger charge is 2.24. The molecule has 0 aliphatic heterocycles. The van der Waals surface area contributed by atoms with Gasteiger partial charge in [-0.25, -0.2) is 0 Å². The Morgan fingerprint density at radius 3 is 2.87 bits per heavy atom. The van der Waals surface area contributed by atoms with Gasteiger partial charge in [0.25, 0.3) is 5.69 Å². The maximum absolute atomic E-state index is 10.7. The van der Waals surface area contributed by atoms with Crippen LogP contribution in [-0.4, -0.2) is 46.8 Å². The number of aliphatic hydroxyl groups is 1. The molecule has 0 heterocycles. The van der Waals surface area contributed by atoms with E-state index in [2.05, 4.69) is 6.07 Å². The molecule has 1 fully saturated rings. The zero-order chi connectivity index (χ0) is 16.7. The van der Waals surface area contributed by atoms with Gasteiger partial charge in [-0.1, -0.05) is 18.9 Å². The number of nitro groups is 1. The molecule has 1 aromatic carbocycles. The van der Waals surface area contributed by atoms with Crippen LogP contribution in [0.2, 0.25) is 0 Å². The lowest BCUT2D eigenvalue weighted by molar-refractivity contribution is -0.384. The molecule has 0 bridgehead atoms. The number of nitrogens with zero attached hydrogens (tertiary/aromatic N) is 3. The van der Waals surface area contributed by atoms with Crippen LogP contribution in [0.1, 0.15) is 25.7 Å². The van der Waals surface area contributed by atoms with Crippen LogP contribution in [-0.2, 0) is 0 Å². The van der Waals surface area contributed by atoms with Crippen molar-refractivity contribution in [1.29, 1.82) is 5.26 Å². The van der Waals surface area contributed by atoms with Crippen molar-refractivity contribution in [1.82, 2.24) is 4.90 Å². The van der Waals surface area contributed by atoms with Crippen molar-refractivity contribution in [3.63, 3.8) is 0 Å². The zero-order valence-electron chi connectivity index (χ0n) is 12.9. The fraction of sp³-hybridized carbons (Fsp3) is 0.562. The first-order valence-electron chi connectivity index (χ1n) is 7.76. The molecule has 124 valence electrons. The Morgan fingerprint density at radius 1 is 1.48 bits per heavy atom. The van der Waals surface area contributed by atoms with Crippen molar-refractivity contribution in [3.05, 3.63) is 34.4 Å². The summed E-state index contributed by atoms with van der Waals surface area (Å²) in [6.07, 6.45) is 3.68. The first-order chi connectivity index (χ1) is 11.1. The molecule has 2 rings (SSSR count). The first-order valence-corrected chi connectivity index (χ1v) is 7.76. The highest BCUT2D eigenvalue weighted by atomic mass is 16.6. The van der Waals surface area contributed by atoms with Crippen molar-refractivity contribution in [2.75, 3.05) is 19.7 Å². The summed E-state index contributed by atoms with van der Waals surface area (Å²) < 4.78 is 5.44. The van der Waals surface area contributed by atoms with Gasteiger partial charge < -0.3 is 9.84 Å². The maximum atomic E-state index is 10.7. The second-order valence-electron chi connectivity index (χ2n) is 5.75. The average molecular weight is 319 g/mol. The molecule has 0 radical (unpaired) electrons. The highest BCUT2D eigenvalue weighted by Crippen LogP contribution is 2.23. The molecule has 1 N–H and O–H groups in total. The summed E-state index contributed by atoms with van der Waals surface area (Å²) in [7, 11) is 0. The Morgan fingerprint density at radius 2 is 2.22 bits per heavy atom. The third-order valence-corrected chi connectivity index (χ3v) is 4.03. The molecule has 1 aliphatic carbocycles. The first kappa shape index (κ1) is 17.2. The largest absolute Gasteiger partial charge is 0.491 e. The van der Waals surface area contributed by atoms with Crippen LogP contribution in [0.25, 0.3) is 0 Å². The number of non-ortho nitro benzene ring substituents is 1. The number of aliphatic hydroxyl groups excluding tert-OH is 1. The van der Waals surface area contributed by atoms with Gasteiger partial charge >= 0.3 is 0 Å². The Kier molecular flexibility index (Phi) is 6.32. The third-order valence-electron chi connectivity index (χ3n) is 4.03. The Balaban J connectivity index is 1.85. The fourth-order valence-electron chi connectivity index (χ4n) is 2.91. The molecule has 0 saturated heterocycles. The number of hydrogen-bond donors (Lipinski definition) is 1. The molecule has 1 aromatic rings. The maximum Gasteiger partial charge on any atom is 0.273 e. The molecule has 1 aliphatic rings. The minimum absolute atomic E-state index is 0.0375. The van der Waals surface area contributed by atoms with Crippen LogP contribution in [0.15, 0.2) is 24.3 Å². The van der Waals surface area contributed by atoms with Gasteiger partial charge in [0.1, 0.15) is 18.5 Å². The normalized spacial score (nSPS) is 16.2. The summed E-state index contributed by atoms with van der Waals surface area (Å²) in [5, 5.41) is 29.8. The summed E-state index contributed by atoms with van der Waals surface area (Å²) in [6, 6.07) is 8.37. The predicted octanol–water partition coefficient (Wildman–Crippen LogP) is 2.10. The number of rotatable bonds is 8. The van der Waals surface area contributed by atoms with Gasteiger partial charge in [-0.15, -0.1) is 0 Å². The van der Waals surface area contributed by atoms with Gasteiger partial charge in [0, 0.05) is 18.7 Å². The smallest absolute Gasteiger partial charge is 0.273 e. The molecular formula is C16H21N3O4. The van der Waals surface area contributed by atoms with Gasteiger partial charge in [-0.2, -0.15) is 5.26 Å². The van der Waals surface area contributed by atoms with E-state index in [0.717, 1.165) is 25.7 Å². The van der Waals surface area contributed by atoms with E-state index in [-0.39, 0.29) is 12.3 Å². The molecule has 23 heavy (non-hydrogen) atoms. The lowest BCUT2D eigenvalue weighted by Gasteiger charge is -2.28. The standard InChI is InChI=1S/C16H21N3O4/c17-8-9-18(13-4-1-2-5-13)11-15(20)12-23-16-7-3-6-14(10-16)19(21)22/h3,6-7,10,13,15,20H,1-2,4-5,9,11-12H2.